The lowest BCUT2D eigenvalue weighted by molar-refractivity contribution is 0.414. The number of allylic oxidation sites excluding steroid dienone is 2. The normalized spacial score (nSPS) is 13.0. The highest BCUT2D eigenvalue weighted by Crippen LogP contribution is 2.41. The van der Waals surface area contributed by atoms with Crippen LogP contribution in [0.2, 0.25) is 0 Å². The van der Waals surface area contributed by atoms with Crippen LogP contribution < -0.4 is 4.74 Å². The first-order valence-electron chi connectivity index (χ1n) is 4.07. The van der Waals surface area contributed by atoms with Gasteiger partial charge in [-0.3, -0.25) is 0 Å². The van der Waals surface area contributed by atoms with E-state index in [9.17, 15) is 0 Å². The maximum absolute atomic E-state index is 8.82. The van der Waals surface area contributed by atoms with Gasteiger partial charge in [-0.25, -0.2) is 0 Å². The number of nitrogens with zero attached hydrogens (tertiary/aromatic N) is 1. The monoisotopic (exact) mass is 171 g/mol. The molecular weight excluding hydrogens is 162 g/mol. The molecule has 0 amide bonds. The van der Waals surface area contributed by atoms with Gasteiger partial charge in [-0.05, 0) is 30.2 Å². The molecule has 0 heterocycles. The van der Waals surface area contributed by atoms with Gasteiger partial charge in [-0.2, -0.15) is 5.26 Å². The second-order valence-electron chi connectivity index (χ2n) is 3.02. The Labute approximate surface area is 77.1 Å². The molecule has 0 radical (unpaired) electrons. The Balaban J connectivity index is 2.51. The highest BCUT2D eigenvalue weighted by molar-refractivity contribution is 6.08. The molecule has 0 saturated heterocycles. The SMILES string of the molecule is COc1ccc2c(c1)C(C#N)=C2C. The predicted molar refractivity (Wildman–Crippen MR) is 51.1 cm³/mol. The van der Waals surface area contributed by atoms with E-state index in [0.717, 1.165) is 28.0 Å². The zero-order valence-corrected chi connectivity index (χ0v) is 7.59. The first kappa shape index (κ1) is 7.88. The molecule has 2 rings (SSSR count). The van der Waals surface area contributed by atoms with Gasteiger partial charge in [0.05, 0.1) is 12.7 Å². The summed E-state index contributed by atoms with van der Waals surface area (Å²) < 4.78 is 5.08. The molecule has 1 aromatic carbocycles. The van der Waals surface area contributed by atoms with Crippen LogP contribution >= 0.6 is 0 Å². The van der Waals surface area contributed by atoms with E-state index in [1.807, 2.05) is 25.1 Å². The van der Waals surface area contributed by atoms with Crippen molar-refractivity contribution in [2.24, 2.45) is 0 Å². The number of nitriles is 1. The van der Waals surface area contributed by atoms with Crippen LogP contribution in [-0.4, -0.2) is 7.11 Å². The lowest BCUT2D eigenvalue weighted by Gasteiger charge is -2.21. The van der Waals surface area contributed by atoms with E-state index < -0.39 is 0 Å². The molecule has 0 saturated carbocycles. The average Bonchev–Trinajstić information content (AvgIpc) is 2.17. The molecule has 2 nitrogen and oxygen atoms in total. The lowest BCUT2D eigenvalue weighted by atomic mass is 9.82. The van der Waals surface area contributed by atoms with Crippen LogP contribution in [-0.2, 0) is 0 Å². The Kier molecular flexibility index (Phi) is 1.60. The van der Waals surface area contributed by atoms with E-state index in [1.165, 1.54) is 0 Å². The van der Waals surface area contributed by atoms with E-state index in [0.29, 0.717) is 0 Å². The number of hydrogen-bond donors (Lipinski definition) is 0. The number of ether oxygens (including phenoxy) is 1. The Morgan fingerprint density at radius 1 is 1.31 bits per heavy atom. The van der Waals surface area contributed by atoms with Crippen LogP contribution in [0, 0.1) is 11.3 Å². The number of hydrogen-bond acceptors (Lipinski definition) is 2. The second-order valence-corrected chi connectivity index (χ2v) is 3.02. The first-order valence-corrected chi connectivity index (χ1v) is 4.07. The molecule has 1 aliphatic carbocycles. The topological polar surface area (TPSA) is 33.0 Å². The fourth-order valence-electron chi connectivity index (χ4n) is 1.60. The van der Waals surface area contributed by atoms with Gasteiger partial charge in [-0.1, -0.05) is 6.07 Å². The summed E-state index contributed by atoms with van der Waals surface area (Å²) in [5, 5.41) is 8.82. The van der Waals surface area contributed by atoms with E-state index in [1.54, 1.807) is 7.11 Å². The smallest absolute Gasteiger partial charge is 0.119 e. The van der Waals surface area contributed by atoms with E-state index in [-0.39, 0.29) is 0 Å². The van der Waals surface area contributed by atoms with Crippen molar-refractivity contribution >= 4 is 11.1 Å². The maximum Gasteiger partial charge on any atom is 0.119 e. The van der Waals surface area contributed by atoms with E-state index >= 15 is 0 Å². The van der Waals surface area contributed by atoms with Crippen LogP contribution in [0.15, 0.2) is 18.2 Å². The highest BCUT2D eigenvalue weighted by Gasteiger charge is 2.22. The summed E-state index contributed by atoms with van der Waals surface area (Å²) in [6.45, 7) is 1.97. The molecule has 0 atom stereocenters. The minimum atomic E-state index is 0.786. The van der Waals surface area contributed by atoms with Crippen molar-refractivity contribution in [3.63, 3.8) is 0 Å². The Morgan fingerprint density at radius 3 is 2.69 bits per heavy atom. The summed E-state index contributed by atoms with van der Waals surface area (Å²) in [6, 6.07) is 7.99. The van der Waals surface area contributed by atoms with Gasteiger partial charge < -0.3 is 4.74 Å². The molecule has 0 spiro atoms. The molecule has 2 heteroatoms. The highest BCUT2D eigenvalue weighted by atomic mass is 16.5. The molecule has 0 bridgehead atoms. The van der Waals surface area contributed by atoms with Gasteiger partial charge in [-0.15, -0.1) is 0 Å². The van der Waals surface area contributed by atoms with Gasteiger partial charge >= 0.3 is 0 Å². The fourth-order valence-corrected chi connectivity index (χ4v) is 1.60. The number of benzene rings is 1. The summed E-state index contributed by atoms with van der Waals surface area (Å²) in [5.74, 6) is 0.805. The van der Waals surface area contributed by atoms with E-state index in [4.69, 9.17) is 10.00 Å². The standard InChI is InChI=1S/C11H9NO/c1-7-9-4-3-8(13-2)5-10(9)11(7)6-12/h3-5H,1-2H3. The summed E-state index contributed by atoms with van der Waals surface area (Å²) in [5.41, 5.74) is 4.05. The zero-order valence-electron chi connectivity index (χ0n) is 7.59. The first-order chi connectivity index (χ1) is 6.27. The van der Waals surface area contributed by atoms with Crippen LogP contribution in [0.3, 0.4) is 0 Å². The van der Waals surface area contributed by atoms with Gasteiger partial charge in [0, 0.05) is 5.56 Å². The van der Waals surface area contributed by atoms with Crippen molar-refractivity contribution < 1.29 is 4.74 Å². The van der Waals surface area contributed by atoms with Gasteiger partial charge in [0.25, 0.3) is 0 Å². The quantitative estimate of drug-likeness (QED) is 0.650. The summed E-state index contributed by atoms with van der Waals surface area (Å²) in [7, 11) is 1.63. The molecule has 0 aromatic heterocycles. The van der Waals surface area contributed by atoms with Gasteiger partial charge in [0.1, 0.15) is 11.8 Å². The van der Waals surface area contributed by atoms with E-state index in [2.05, 4.69) is 6.07 Å². The Bertz CT molecular complexity index is 438. The molecular formula is C11H9NO. The van der Waals surface area contributed by atoms with Crippen LogP contribution in [0.4, 0.5) is 0 Å². The predicted octanol–water partition coefficient (Wildman–Crippen LogP) is 2.46. The molecule has 0 N–H and O–H groups in total. The summed E-state index contributed by atoms with van der Waals surface area (Å²) >= 11 is 0. The molecule has 13 heavy (non-hydrogen) atoms. The van der Waals surface area contributed by atoms with Crippen molar-refractivity contribution in [2.45, 2.75) is 6.92 Å². The van der Waals surface area contributed by atoms with Gasteiger partial charge in [0.15, 0.2) is 0 Å². The van der Waals surface area contributed by atoms with Crippen LogP contribution in [0.25, 0.3) is 11.1 Å². The van der Waals surface area contributed by atoms with Crippen molar-refractivity contribution in [3.8, 4) is 11.8 Å². The number of rotatable bonds is 1. The molecule has 1 aliphatic rings. The molecule has 64 valence electrons. The van der Waals surface area contributed by atoms with Crippen molar-refractivity contribution in [1.82, 2.24) is 0 Å². The lowest BCUT2D eigenvalue weighted by Crippen LogP contribution is -2.03. The third kappa shape index (κ3) is 0.940. The Hall–Kier alpha value is -1.75. The number of methoxy groups -OCH3 is 1. The minimum Gasteiger partial charge on any atom is -0.497 e. The Morgan fingerprint density at radius 2 is 2.08 bits per heavy atom. The van der Waals surface area contributed by atoms with Crippen molar-refractivity contribution in [2.75, 3.05) is 7.11 Å². The zero-order chi connectivity index (χ0) is 9.42. The maximum atomic E-state index is 8.82. The largest absolute Gasteiger partial charge is 0.497 e. The number of fused-ring (bicyclic) bond motifs is 1. The second kappa shape index (κ2) is 2.63. The summed E-state index contributed by atoms with van der Waals surface area (Å²) in [4.78, 5) is 0. The fraction of sp³-hybridized carbons (Fsp3) is 0.182. The molecule has 0 aliphatic heterocycles. The molecule has 1 aromatic rings. The third-order valence-corrected chi connectivity index (χ3v) is 2.39. The minimum absolute atomic E-state index is 0.786. The summed E-state index contributed by atoms with van der Waals surface area (Å²) in [6.07, 6.45) is 0. The molecule has 0 unspecified atom stereocenters. The molecule has 0 fully saturated rings. The average molecular weight is 171 g/mol. The van der Waals surface area contributed by atoms with Crippen molar-refractivity contribution in [3.05, 3.63) is 29.3 Å². The van der Waals surface area contributed by atoms with Gasteiger partial charge in [0.2, 0.25) is 0 Å². The van der Waals surface area contributed by atoms with Crippen LogP contribution in [0.5, 0.6) is 5.75 Å². The third-order valence-electron chi connectivity index (χ3n) is 2.39. The van der Waals surface area contributed by atoms with Crippen molar-refractivity contribution in [1.29, 1.82) is 5.26 Å². The van der Waals surface area contributed by atoms with Crippen LogP contribution in [0.1, 0.15) is 18.1 Å².